The molecule has 1 aromatic heterocycles. The van der Waals surface area contributed by atoms with Crippen LogP contribution in [0.25, 0.3) is 10.9 Å². The highest BCUT2D eigenvalue weighted by Gasteiger charge is 2.17. The van der Waals surface area contributed by atoms with E-state index in [9.17, 15) is 4.79 Å². The van der Waals surface area contributed by atoms with Gasteiger partial charge in [0, 0.05) is 22.6 Å². The molecule has 0 fully saturated rings. The van der Waals surface area contributed by atoms with Crippen molar-refractivity contribution in [2.45, 2.75) is 46.0 Å². The molecule has 0 aliphatic carbocycles. The number of hydrogen-bond donors (Lipinski definition) is 1. The van der Waals surface area contributed by atoms with Gasteiger partial charge < -0.3 is 4.98 Å². The van der Waals surface area contributed by atoms with Crippen LogP contribution in [0.1, 0.15) is 51.8 Å². The SMILES string of the molecule is CC(C)c1cccc2c(=O)cc(C(C)(C)C)[nH]c12. The first-order valence-corrected chi connectivity index (χ1v) is 6.47. The van der Waals surface area contributed by atoms with Crippen molar-refractivity contribution in [3.8, 4) is 0 Å². The number of rotatable bonds is 1. The summed E-state index contributed by atoms with van der Waals surface area (Å²) in [6.45, 7) is 10.6. The smallest absolute Gasteiger partial charge is 0.189 e. The number of aromatic amines is 1. The maximum atomic E-state index is 12.2. The molecule has 1 N–H and O–H groups in total. The lowest BCUT2D eigenvalue weighted by Crippen LogP contribution is -2.18. The average Bonchev–Trinajstić information content (AvgIpc) is 2.26. The Balaban J connectivity index is 2.85. The Morgan fingerprint density at radius 3 is 2.39 bits per heavy atom. The van der Waals surface area contributed by atoms with Crippen LogP contribution in [0.4, 0.5) is 0 Å². The van der Waals surface area contributed by atoms with Gasteiger partial charge in [-0.2, -0.15) is 0 Å². The van der Waals surface area contributed by atoms with E-state index in [1.807, 2.05) is 12.1 Å². The molecule has 0 atom stereocenters. The van der Waals surface area contributed by atoms with Crippen molar-refractivity contribution in [2.75, 3.05) is 0 Å². The van der Waals surface area contributed by atoms with E-state index in [0.29, 0.717) is 5.92 Å². The van der Waals surface area contributed by atoms with Gasteiger partial charge >= 0.3 is 0 Å². The van der Waals surface area contributed by atoms with Crippen LogP contribution in [-0.2, 0) is 5.41 Å². The molecule has 96 valence electrons. The Morgan fingerprint density at radius 2 is 1.83 bits per heavy atom. The van der Waals surface area contributed by atoms with Gasteiger partial charge in [0.2, 0.25) is 0 Å². The van der Waals surface area contributed by atoms with Crippen molar-refractivity contribution >= 4 is 10.9 Å². The van der Waals surface area contributed by atoms with Crippen LogP contribution in [0, 0.1) is 0 Å². The molecule has 2 heteroatoms. The normalized spacial score (nSPS) is 12.3. The molecule has 1 aromatic carbocycles. The van der Waals surface area contributed by atoms with E-state index in [1.165, 1.54) is 5.56 Å². The third-order valence-corrected chi connectivity index (χ3v) is 3.33. The van der Waals surface area contributed by atoms with Gasteiger partial charge in [0.1, 0.15) is 0 Å². The lowest BCUT2D eigenvalue weighted by Gasteiger charge is -2.20. The van der Waals surface area contributed by atoms with Crippen molar-refractivity contribution < 1.29 is 0 Å². The largest absolute Gasteiger partial charge is 0.358 e. The number of pyridine rings is 1. The minimum atomic E-state index is -0.0442. The van der Waals surface area contributed by atoms with Crippen LogP contribution in [0.3, 0.4) is 0 Å². The number of fused-ring (bicyclic) bond motifs is 1. The number of benzene rings is 1. The van der Waals surface area contributed by atoms with Crippen LogP contribution < -0.4 is 5.43 Å². The van der Waals surface area contributed by atoms with Gasteiger partial charge in [-0.05, 0) is 17.5 Å². The maximum Gasteiger partial charge on any atom is 0.189 e. The average molecular weight is 243 g/mol. The molecule has 0 aliphatic heterocycles. The number of H-pyrrole nitrogens is 1. The van der Waals surface area contributed by atoms with E-state index in [4.69, 9.17) is 0 Å². The second kappa shape index (κ2) is 4.27. The summed E-state index contributed by atoms with van der Waals surface area (Å²) in [6, 6.07) is 7.68. The molecule has 0 saturated carbocycles. The number of hydrogen-bond acceptors (Lipinski definition) is 1. The fourth-order valence-corrected chi connectivity index (χ4v) is 2.18. The van der Waals surface area contributed by atoms with E-state index in [1.54, 1.807) is 6.07 Å². The molecule has 0 spiro atoms. The molecule has 2 aromatic rings. The minimum Gasteiger partial charge on any atom is -0.358 e. The molecular formula is C16H21NO. The number of para-hydroxylation sites is 1. The molecular weight excluding hydrogens is 222 g/mol. The van der Waals surface area contributed by atoms with Gasteiger partial charge in [-0.25, -0.2) is 0 Å². The summed E-state index contributed by atoms with van der Waals surface area (Å²) >= 11 is 0. The second-order valence-corrected chi connectivity index (χ2v) is 6.22. The summed E-state index contributed by atoms with van der Waals surface area (Å²) in [4.78, 5) is 15.7. The van der Waals surface area contributed by atoms with Crippen LogP contribution in [0.15, 0.2) is 29.1 Å². The first-order chi connectivity index (χ1) is 8.30. The quantitative estimate of drug-likeness (QED) is 0.808. The van der Waals surface area contributed by atoms with E-state index < -0.39 is 0 Å². The fraction of sp³-hybridized carbons (Fsp3) is 0.438. The van der Waals surface area contributed by atoms with Crippen molar-refractivity contribution in [3.63, 3.8) is 0 Å². The Bertz CT molecular complexity index is 630. The van der Waals surface area contributed by atoms with Crippen LogP contribution in [0.5, 0.6) is 0 Å². The lowest BCUT2D eigenvalue weighted by molar-refractivity contribution is 0.570. The number of aromatic nitrogens is 1. The molecule has 0 saturated heterocycles. The molecule has 2 nitrogen and oxygen atoms in total. The van der Waals surface area contributed by atoms with Crippen molar-refractivity contribution in [3.05, 3.63) is 45.7 Å². The summed E-state index contributed by atoms with van der Waals surface area (Å²) in [7, 11) is 0. The van der Waals surface area contributed by atoms with E-state index in [2.05, 4.69) is 45.7 Å². The summed E-state index contributed by atoms with van der Waals surface area (Å²) in [6.07, 6.45) is 0. The number of nitrogens with one attached hydrogen (secondary N) is 1. The third kappa shape index (κ3) is 2.20. The summed E-state index contributed by atoms with van der Waals surface area (Å²) in [5, 5.41) is 0.786. The zero-order chi connectivity index (χ0) is 13.5. The zero-order valence-corrected chi connectivity index (χ0v) is 11.8. The zero-order valence-electron chi connectivity index (χ0n) is 11.8. The second-order valence-electron chi connectivity index (χ2n) is 6.22. The highest BCUT2D eigenvalue weighted by atomic mass is 16.1. The maximum absolute atomic E-state index is 12.2. The molecule has 1 heterocycles. The summed E-state index contributed by atoms with van der Waals surface area (Å²) in [5.74, 6) is 0.402. The Labute approximate surface area is 108 Å². The Morgan fingerprint density at radius 1 is 1.17 bits per heavy atom. The highest BCUT2D eigenvalue weighted by Crippen LogP contribution is 2.25. The van der Waals surface area contributed by atoms with E-state index in [-0.39, 0.29) is 10.8 Å². The molecule has 0 bridgehead atoms. The van der Waals surface area contributed by atoms with Crippen molar-refractivity contribution in [1.82, 2.24) is 4.98 Å². The molecule has 0 amide bonds. The van der Waals surface area contributed by atoms with E-state index >= 15 is 0 Å². The first-order valence-electron chi connectivity index (χ1n) is 6.47. The third-order valence-electron chi connectivity index (χ3n) is 3.33. The van der Waals surface area contributed by atoms with Gasteiger partial charge in [-0.15, -0.1) is 0 Å². The summed E-state index contributed by atoms with van der Waals surface area (Å²) < 4.78 is 0. The Kier molecular flexibility index (Phi) is 3.05. The van der Waals surface area contributed by atoms with Crippen molar-refractivity contribution in [1.29, 1.82) is 0 Å². The lowest BCUT2D eigenvalue weighted by atomic mass is 9.90. The summed E-state index contributed by atoms with van der Waals surface area (Å²) in [5.41, 5.74) is 3.25. The first kappa shape index (κ1) is 12.9. The molecule has 0 aliphatic rings. The van der Waals surface area contributed by atoms with Gasteiger partial charge in [0.25, 0.3) is 0 Å². The monoisotopic (exact) mass is 243 g/mol. The molecule has 0 unspecified atom stereocenters. The van der Waals surface area contributed by atoms with Crippen LogP contribution in [-0.4, -0.2) is 4.98 Å². The van der Waals surface area contributed by atoms with Gasteiger partial charge in [0.15, 0.2) is 5.43 Å². The fourth-order valence-electron chi connectivity index (χ4n) is 2.18. The van der Waals surface area contributed by atoms with Crippen molar-refractivity contribution in [2.24, 2.45) is 0 Å². The highest BCUT2D eigenvalue weighted by molar-refractivity contribution is 5.82. The predicted molar refractivity (Wildman–Crippen MR) is 77.4 cm³/mol. The van der Waals surface area contributed by atoms with Gasteiger partial charge in [-0.1, -0.05) is 46.8 Å². The van der Waals surface area contributed by atoms with E-state index in [0.717, 1.165) is 16.6 Å². The minimum absolute atomic E-state index is 0.0442. The topological polar surface area (TPSA) is 32.9 Å². The molecule has 2 rings (SSSR count). The molecule has 18 heavy (non-hydrogen) atoms. The van der Waals surface area contributed by atoms with Gasteiger partial charge in [0.05, 0.1) is 5.52 Å². The van der Waals surface area contributed by atoms with Crippen LogP contribution in [0.2, 0.25) is 0 Å². The predicted octanol–water partition coefficient (Wildman–Crippen LogP) is 3.95. The Hall–Kier alpha value is -1.57. The standard InChI is InChI=1S/C16H21NO/c1-10(2)11-7-6-8-12-13(18)9-14(16(3,4)5)17-15(11)12/h6-10H,1-5H3,(H,17,18). The van der Waals surface area contributed by atoms with Gasteiger partial charge in [-0.3, -0.25) is 4.79 Å². The van der Waals surface area contributed by atoms with Crippen LogP contribution >= 0.6 is 0 Å². The molecule has 0 radical (unpaired) electrons.